The SMILES string of the molecule is Cc1ccccc1N=C(Cc1nc2c(=O)[nH]c(=O)n(C)c2[nH]c1=O)c1ccccc1. The molecule has 2 N–H and O–H groups in total. The summed E-state index contributed by atoms with van der Waals surface area (Å²) in [5, 5.41) is 0. The van der Waals surface area contributed by atoms with Crippen LogP contribution in [0.5, 0.6) is 0 Å². The molecule has 2 aromatic carbocycles. The fraction of sp³-hybridized carbons (Fsp3) is 0.136. The summed E-state index contributed by atoms with van der Waals surface area (Å²) in [7, 11) is 1.45. The van der Waals surface area contributed by atoms with Crippen molar-refractivity contribution < 1.29 is 0 Å². The van der Waals surface area contributed by atoms with E-state index >= 15 is 0 Å². The Bertz CT molecular complexity index is 1450. The van der Waals surface area contributed by atoms with Gasteiger partial charge in [-0.25, -0.2) is 9.78 Å². The topological polar surface area (TPSA) is 113 Å². The van der Waals surface area contributed by atoms with Crippen LogP contribution >= 0.6 is 0 Å². The van der Waals surface area contributed by atoms with Crippen LogP contribution in [0.15, 0.2) is 74.0 Å². The van der Waals surface area contributed by atoms with Crippen LogP contribution in [-0.4, -0.2) is 25.2 Å². The van der Waals surface area contributed by atoms with E-state index in [2.05, 4.69) is 15.0 Å². The fourth-order valence-electron chi connectivity index (χ4n) is 3.17. The van der Waals surface area contributed by atoms with E-state index in [1.807, 2.05) is 61.5 Å². The van der Waals surface area contributed by atoms with Gasteiger partial charge in [-0.2, -0.15) is 0 Å². The lowest BCUT2D eigenvalue weighted by atomic mass is 10.0. The predicted molar refractivity (Wildman–Crippen MR) is 116 cm³/mol. The number of hydrogen-bond donors (Lipinski definition) is 2. The number of benzene rings is 2. The van der Waals surface area contributed by atoms with Crippen molar-refractivity contribution in [3.63, 3.8) is 0 Å². The Kier molecular flexibility index (Phi) is 4.97. The Morgan fingerprint density at radius 3 is 2.40 bits per heavy atom. The fourth-order valence-corrected chi connectivity index (χ4v) is 3.17. The lowest BCUT2D eigenvalue weighted by molar-refractivity contribution is 0.817. The first-order valence-corrected chi connectivity index (χ1v) is 9.35. The Morgan fingerprint density at radius 1 is 0.967 bits per heavy atom. The van der Waals surface area contributed by atoms with Crippen molar-refractivity contribution in [1.29, 1.82) is 0 Å². The maximum atomic E-state index is 12.7. The van der Waals surface area contributed by atoms with E-state index in [-0.39, 0.29) is 23.3 Å². The molecule has 0 aliphatic heterocycles. The molecule has 0 radical (unpaired) electrons. The van der Waals surface area contributed by atoms with Crippen LogP contribution in [0.25, 0.3) is 11.2 Å². The number of hydrogen-bond acceptors (Lipinski definition) is 5. The molecule has 8 heteroatoms. The van der Waals surface area contributed by atoms with Crippen molar-refractivity contribution in [1.82, 2.24) is 19.5 Å². The molecule has 2 heterocycles. The summed E-state index contributed by atoms with van der Waals surface area (Å²) in [6, 6.07) is 17.2. The van der Waals surface area contributed by atoms with Gasteiger partial charge in [0, 0.05) is 13.5 Å². The number of nitrogens with one attached hydrogen (secondary N) is 2. The molecule has 4 aromatic rings. The lowest BCUT2D eigenvalue weighted by Crippen LogP contribution is -2.32. The van der Waals surface area contributed by atoms with Crippen molar-refractivity contribution in [2.75, 3.05) is 0 Å². The summed E-state index contributed by atoms with van der Waals surface area (Å²) in [5.74, 6) is 0. The standard InChI is InChI=1S/C22H19N5O3/c1-13-8-6-7-11-15(13)23-16(14-9-4-3-5-10-14)12-17-20(28)25-19-18(24-17)21(29)26-22(30)27(19)2/h3-11H,12H2,1-2H3,(H,25,28)(H,26,29,30). The van der Waals surface area contributed by atoms with Gasteiger partial charge in [-0.1, -0.05) is 48.5 Å². The second-order valence-corrected chi connectivity index (χ2v) is 6.92. The molecular formula is C22H19N5O3. The molecule has 0 saturated carbocycles. The molecule has 0 saturated heterocycles. The molecule has 0 atom stereocenters. The molecule has 4 rings (SSSR count). The molecule has 0 bridgehead atoms. The molecule has 0 spiro atoms. The predicted octanol–water partition coefficient (Wildman–Crippen LogP) is 1.98. The first-order chi connectivity index (χ1) is 14.4. The van der Waals surface area contributed by atoms with Gasteiger partial charge < -0.3 is 4.98 Å². The number of aromatic amines is 2. The highest BCUT2D eigenvalue weighted by molar-refractivity contribution is 6.03. The van der Waals surface area contributed by atoms with Crippen molar-refractivity contribution >= 4 is 22.6 Å². The van der Waals surface area contributed by atoms with Gasteiger partial charge in [0.25, 0.3) is 11.1 Å². The third kappa shape index (κ3) is 3.62. The van der Waals surface area contributed by atoms with E-state index in [0.29, 0.717) is 5.71 Å². The minimum atomic E-state index is -0.650. The van der Waals surface area contributed by atoms with E-state index in [0.717, 1.165) is 21.4 Å². The summed E-state index contributed by atoms with van der Waals surface area (Å²) in [5.41, 5.74) is 1.74. The second-order valence-electron chi connectivity index (χ2n) is 6.92. The van der Waals surface area contributed by atoms with Gasteiger partial charge in [-0.05, 0) is 24.1 Å². The molecule has 0 fully saturated rings. The van der Waals surface area contributed by atoms with Crippen molar-refractivity contribution in [3.8, 4) is 0 Å². The Hall–Kier alpha value is -4.07. The van der Waals surface area contributed by atoms with Crippen LogP contribution in [0.3, 0.4) is 0 Å². The highest BCUT2D eigenvalue weighted by Crippen LogP contribution is 2.20. The number of aryl methyl sites for hydroxylation is 2. The van der Waals surface area contributed by atoms with E-state index < -0.39 is 16.8 Å². The molecule has 0 unspecified atom stereocenters. The molecule has 0 amide bonds. The zero-order valence-corrected chi connectivity index (χ0v) is 16.5. The van der Waals surface area contributed by atoms with E-state index in [1.54, 1.807) is 0 Å². The minimum Gasteiger partial charge on any atom is -0.305 e. The Labute approximate surface area is 170 Å². The average Bonchev–Trinajstić information content (AvgIpc) is 2.74. The monoisotopic (exact) mass is 401 g/mol. The summed E-state index contributed by atoms with van der Waals surface area (Å²) in [6.45, 7) is 1.96. The molecule has 150 valence electrons. The van der Waals surface area contributed by atoms with E-state index in [9.17, 15) is 14.4 Å². The highest BCUT2D eigenvalue weighted by atomic mass is 16.2. The first-order valence-electron chi connectivity index (χ1n) is 9.35. The third-order valence-electron chi connectivity index (χ3n) is 4.85. The largest absolute Gasteiger partial charge is 0.329 e. The van der Waals surface area contributed by atoms with Crippen molar-refractivity contribution in [3.05, 3.63) is 103 Å². The Morgan fingerprint density at radius 2 is 1.67 bits per heavy atom. The van der Waals surface area contributed by atoms with Crippen LogP contribution < -0.4 is 16.8 Å². The maximum Gasteiger partial charge on any atom is 0.329 e. The zero-order valence-electron chi connectivity index (χ0n) is 16.5. The van der Waals surface area contributed by atoms with Gasteiger partial charge in [0.05, 0.1) is 11.4 Å². The quantitative estimate of drug-likeness (QED) is 0.509. The third-order valence-corrected chi connectivity index (χ3v) is 4.85. The number of fused-ring (bicyclic) bond motifs is 1. The molecular weight excluding hydrogens is 382 g/mol. The average molecular weight is 401 g/mol. The number of rotatable bonds is 4. The van der Waals surface area contributed by atoms with Gasteiger partial charge in [0.1, 0.15) is 11.3 Å². The van der Waals surface area contributed by atoms with Gasteiger partial charge in [-0.3, -0.25) is 24.1 Å². The molecule has 30 heavy (non-hydrogen) atoms. The molecule has 8 nitrogen and oxygen atoms in total. The van der Waals surface area contributed by atoms with Crippen molar-refractivity contribution in [2.45, 2.75) is 13.3 Å². The first kappa shape index (κ1) is 19.3. The molecule has 0 aliphatic carbocycles. The van der Waals surface area contributed by atoms with Crippen LogP contribution in [0.2, 0.25) is 0 Å². The zero-order chi connectivity index (χ0) is 21.3. The van der Waals surface area contributed by atoms with E-state index in [1.165, 1.54) is 7.05 Å². The number of para-hydroxylation sites is 1. The van der Waals surface area contributed by atoms with Gasteiger partial charge in [0.2, 0.25) is 0 Å². The van der Waals surface area contributed by atoms with Gasteiger partial charge in [0.15, 0.2) is 5.52 Å². The summed E-state index contributed by atoms with van der Waals surface area (Å²) >= 11 is 0. The maximum absolute atomic E-state index is 12.7. The summed E-state index contributed by atoms with van der Waals surface area (Å²) in [4.78, 5) is 50.6. The van der Waals surface area contributed by atoms with Crippen LogP contribution in [0, 0.1) is 6.92 Å². The Balaban J connectivity index is 1.88. The normalized spacial score (nSPS) is 11.7. The van der Waals surface area contributed by atoms with Crippen LogP contribution in [-0.2, 0) is 13.5 Å². The molecule has 2 aromatic heterocycles. The highest BCUT2D eigenvalue weighted by Gasteiger charge is 2.15. The molecule has 0 aliphatic rings. The van der Waals surface area contributed by atoms with Crippen LogP contribution in [0.4, 0.5) is 5.69 Å². The van der Waals surface area contributed by atoms with Gasteiger partial charge >= 0.3 is 5.69 Å². The summed E-state index contributed by atoms with van der Waals surface area (Å²) < 4.78 is 1.15. The minimum absolute atomic E-state index is 0.00463. The number of aliphatic imine (C=N–C) groups is 1. The lowest BCUT2D eigenvalue weighted by Gasteiger charge is -2.09. The second kappa shape index (κ2) is 7.75. The summed E-state index contributed by atoms with van der Waals surface area (Å²) in [6.07, 6.45) is 0.117. The number of aromatic nitrogens is 4. The smallest absolute Gasteiger partial charge is 0.305 e. The van der Waals surface area contributed by atoms with Crippen LogP contribution in [0.1, 0.15) is 16.8 Å². The van der Waals surface area contributed by atoms with E-state index in [4.69, 9.17) is 4.99 Å². The van der Waals surface area contributed by atoms with Gasteiger partial charge in [-0.15, -0.1) is 0 Å². The number of H-pyrrole nitrogens is 2. The van der Waals surface area contributed by atoms with Crippen molar-refractivity contribution in [2.24, 2.45) is 12.0 Å². The number of nitrogens with zero attached hydrogens (tertiary/aromatic N) is 3.